The molecule has 2 aliphatic rings. The number of nitrogens with zero attached hydrogens (tertiary/aromatic N) is 3. The number of benzene rings is 1. The molecule has 1 saturated heterocycles. The molecule has 0 amide bonds. The van der Waals surface area contributed by atoms with Crippen LogP contribution in [0, 0.1) is 6.92 Å². The summed E-state index contributed by atoms with van der Waals surface area (Å²) in [5.41, 5.74) is 2.33. The van der Waals surface area contributed by atoms with Crippen molar-refractivity contribution in [2.24, 2.45) is 0 Å². The van der Waals surface area contributed by atoms with E-state index in [9.17, 15) is 0 Å². The lowest BCUT2D eigenvalue weighted by atomic mass is 10.1. The van der Waals surface area contributed by atoms with Gasteiger partial charge < -0.3 is 9.47 Å². The maximum Gasteiger partial charge on any atom is 0.167 e. The number of likely N-dealkylation sites (tertiary alicyclic amines) is 1. The molecule has 0 spiro atoms. The van der Waals surface area contributed by atoms with Crippen LogP contribution in [-0.2, 0) is 17.7 Å². The molecule has 1 N–H and O–H groups in total. The minimum atomic E-state index is 0.135. The number of fused-ring (bicyclic) bond motifs is 1. The maximum atomic E-state index is 6.30. The summed E-state index contributed by atoms with van der Waals surface area (Å²) in [6.07, 6.45) is 1.99. The van der Waals surface area contributed by atoms with Crippen LogP contribution in [-0.4, -0.2) is 46.4 Å². The number of hydrogen-bond donors (Lipinski definition) is 1. The lowest BCUT2D eigenvalue weighted by Gasteiger charge is -2.23. The Kier molecular flexibility index (Phi) is 4.20. The second kappa shape index (κ2) is 6.35. The van der Waals surface area contributed by atoms with Crippen molar-refractivity contribution >= 4 is 11.6 Å². The first-order valence-corrected chi connectivity index (χ1v) is 8.61. The highest BCUT2D eigenvalue weighted by Gasteiger charge is 2.36. The molecule has 24 heavy (non-hydrogen) atoms. The molecule has 3 heterocycles. The van der Waals surface area contributed by atoms with Crippen molar-refractivity contribution in [2.45, 2.75) is 38.5 Å². The molecule has 0 unspecified atom stereocenters. The van der Waals surface area contributed by atoms with Gasteiger partial charge >= 0.3 is 0 Å². The van der Waals surface area contributed by atoms with Gasteiger partial charge in [-0.3, -0.25) is 10.00 Å². The van der Waals surface area contributed by atoms with Crippen molar-refractivity contribution in [1.29, 1.82) is 0 Å². The van der Waals surface area contributed by atoms with Crippen molar-refractivity contribution in [2.75, 3.05) is 20.3 Å². The van der Waals surface area contributed by atoms with E-state index in [1.165, 1.54) is 5.56 Å². The molecule has 1 aromatic heterocycles. The first-order chi connectivity index (χ1) is 11.6. The third kappa shape index (κ3) is 2.90. The molecule has 128 valence electrons. The SMILES string of the molecule is CO[C@@H]1C[C@@H](c2n[nH]c(C)n2)N(Cc2cc(Cl)cc3c2OCC3)C1. The zero-order chi connectivity index (χ0) is 16.7. The van der Waals surface area contributed by atoms with Crippen LogP contribution in [0.5, 0.6) is 5.75 Å². The average Bonchev–Trinajstić information content (AvgIpc) is 3.26. The number of aryl methyl sites for hydroxylation is 1. The van der Waals surface area contributed by atoms with Gasteiger partial charge in [0.15, 0.2) is 5.82 Å². The summed E-state index contributed by atoms with van der Waals surface area (Å²) >= 11 is 6.30. The molecule has 2 atom stereocenters. The van der Waals surface area contributed by atoms with Gasteiger partial charge in [-0.2, -0.15) is 5.10 Å². The van der Waals surface area contributed by atoms with E-state index in [1.807, 2.05) is 19.1 Å². The van der Waals surface area contributed by atoms with E-state index < -0.39 is 0 Å². The second-order valence-electron chi connectivity index (χ2n) is 6.47. The van der Waals surface area contributed by atoms with Gasteiger partial charge in [-0.25, -0.2) is 4.98 Å². The van der Waals surface area contributed by atoms with Gasteiger partial charge in [-0.05, 0) is 31.0 Å². The quantitative estimate of drug-likeness (QED) is 0.920. The van der Waals surface area contributed by atoms with Gasteiger partial charge in [-0.1, -0.05) is 11.6 Å². The fourth-order valence-electron chi connectivity index (χ4n) is 3.67. The molecule has 0 bridgehead atoms. The fraction of sp³-hybridized carbons (Fsp3) is 0.529. The van der Waals surface area contributed by atoms with E-state index in [4.69, 9.17) is 21.1 Å². The number of aromatic amines is 1. The Bertz CT molecular complexity index is 748. The number of hydrogen-bond acceptors (Lipinski definition) is 5. The second-order valence-corrected chi connectivity index (χ2v) is 6.91. The van der Waals surface area contributed by atoms with Gasteiger partial charge in [0, 0.05) is 37.2 Å². The van der Waals surface area contributed by atoms with Crippen molar-refractivity contribution in [3.63, 3.8) is 0 Å². The van der Waals surface area contributed by atoms with Crippen LogP contribution in [0.15, 0.2) is 12.1 Å². The molecular formula is C17H21ClN4O2. The predicted molar refractivity (Wildman–Crippen MR) is 90.3 cm³/mol. The number of halogens is 1. The van der Waals surface area contributed by atoms with E-state index in [2.05, 4.69) is 20.1 Å². The van der Waals surface area contributed by atoms with Gasteiger partial charge in [-0.15, -0.1) is 0 Å². The molecule has 0 saturated carbocycles. The monoisotopic (exact) mass is 348 g/mol. The number of H-pyrrole nitrogens is 1. The summed E-state index contributed by atoms with van der Waals surface area (Å²) in [5, 5.41) is 8.06. The van der Waals surface area contributed by atoms with Crippen LogP contribution < -0.4 is 4.74 Å². The Labute approximate surface area is 146 Å². The number of nitrogens with one attached hydrogen (secondary N) is 1. The van der Waals surface area contributed by atoms with Crippen molar-refractivity contribution < 1.29 is 9.47 Å². The lowest BCUT2D eigenvalue weighted by Crippen LogP contribution is -2.25. The summed E-state index contributed by atoms with van der Waals surface area (Å²) < 4.78 is 11.4. The average molecular weight is 349 g/mol. The standard InChI is InChI=1S/C17H21ClN4O2/c1-10-19-17(21-20-10)15-7-14(23-2)9-22(15)8-12-6-13(18)5-11-3-4-24-16(11)12/h5-6,14-15H,3-4,7-9H2,1-2H3,(H,19,20,21)/t14-,15+/m1/s1. The van der Waals surface area contributed by atoms with Gasteiger partial charge in [0.1, 0.15) is 11.6 Å². The fourth-order valence-corrected chi connectivity index (χ4v) is 3.93. The Morgan fingerprint density at radius 3 is 3.08 bits per heavy atom. The Balaban J connectivity index is 1.62. The van der Waals surface area contributed by atoms with Crippen LogP contribution in [0.3, 0.4) is 0 Å². The Hall–Kier alpha value is -1.63. The summed E-state index contributed by atoms with van der Waals surface area (Å²) in [6.45, 7) is 4.24. The van der Waals surface area contributed by atoms with Crippen molar-refractivity contribution in [3.05, 3.63) is 39.9 Å². The van der Waals surface area contributed by atoms with Gasteiger partial charge in [0.2, 0.25) is 0 Å². The minimum absolute atomic E-state index is 0.135. The summed E-state index contributed by atoms with van der Waals surface area (Å²) in [5.74, 6) is 2.65. The first kappa shape index (κ1) is 15.9. The molecule has 4 rings (SSSR count). The maximum absolute atomic E-state index is 6.30. The van der Waals surface area contributed by atoms with Gasteiger partial charge in [0.25, 0.3) is 0 Å². The Morgan fingerprint density at radius 1 is 1.46 bits per heavy atom. The zero-order valence-electron chi connectivity index (χ0n) is 13.9. The molecule has 6 nitrogen and oxygen atoms in total. The smallest absolute Gasteiger partial charge is 0.167 e. The highest BCUT2D eigenvalue weighted by molar-refractivity contribution is 6.30. The van der Waals surface area contributed by atoms with Crippen LogP contribution in [0.1, 0.15) is 35.2 Å². The van der Waals surface area contributed by atoms with E-state index in [0.717, 1.165) is 60.5 Å². The zero-order valence-corrected chi connectivity index (χ0v) is 14.6. The highest BCUT2D eigenvalue weighted by atomic mass is 35.5. The third-order valence-corrected chi connectivity index (χ3v) is 5.03. The number of aromatic nitrogens is 3. The van der Waals surface area contributed by atoms with Crippen molar-refractivity contribution in [3.8, 4) is 5.75 Å². The Morgan fingerprint density at radius 2 is 2.33 bits per heavy atom. The van der Waals surface area contributed by atoms with Crippen LogP contribution in [0.4, 0.5) is 0 Å². The number of ether oxygens (including phenoxy) is 2. The minimum Gasteiger partial charge on any atom is -0.493 e. The molecule has 0 aliphatic carbocycles. The molecule has 2 aliphatic heterocycles. The summed E-state index contributed by atoms with van der Waals surface area (Å²) in [6, 6.07) is 4.15. The molecular weight excluding hydrogens is 328 g/mol. The molecule has 0 radical (unpaired) electrons. The van der Waals surface area contributed by atoms with E-state index in [0.29, 0.717) is 0 Å². The largest absolute Gasteiger partial charge is 0.493 e. The lowest BCUT2D eigenvalue weighted by molar-refractivity contribution is 0.107. The number of rotatable bonds is 4. The molecule has 2 aromatic rings. The number of methoxy groups -OCH3 is 1. The van der Waals surface area contributed by atoms with Gasteiger partial charge in [0.05, 0.1) is 18.8 Å². The highest BCUT2D eigenvalue weighted by Crippen LogP contribution is 2.38. The van der Waals surface area contributed by atoms with Crippen LogP contribution in [0.25, 0.3) is 0 Å². The normalized spacial score (nSPS) is 23.5. The first-order valence-electron chi connectivity index (χ1n) is 8.24. The predicted octanol–water partition coefficient (Wildman–Crippen LogP) is 2.66. The van der Waals surface area contributed by atoms with E-state index in [1.54, 1.807) is 7.11 Å². The summed E-state index contributed by atoms with van der Waals surface area (Å²) in [7, 11) is 1.76. The van der Waals surface area contributed by atoms with Crippen LogP contribution in [0.2, 0.25) is 5.02 Å². The van der Waals surface area contributed by atoms with E-state index >= 15 is 0 Å². The molecule has 7 heteroatoms. The topological polar surface area (TPSA) is 63.3 Å². The van der Waals surface area contributed by atoms with Crippen molar-refractivity contribution in [1.82, 2.24) is 20.1 Å². The third-order valence-electron chi connectivity index (χ3n) is 4.81. The summed E-state index contributed by atoms with van der Waals surface area (Å²) in [4.78, 5) is 6.87. The molecule has 1 aromatic carbocycles. The van der Waals surface area contributed by atoms with E-state index in [-0.39, 0.29) is 12.1 Å². The van der Waals surface area contributed by atoms with Crippen LogP contribution >= 0.6 is 11.6 Å². The molecule has 1 fully saturated rings.